The normalized spacial score (nSPS) is 16.7. The number of benzene rings is 1. The lowest BCUT2D eigenvalue weighted by Gasteiger charge is -2.26. The second-order valence-electron chi connectivity index (χ2n) is 6.47. The highest BCUT2D eigenvalue weighted by Crippen LogP contribution is 2.25. The standard InChI is InChI=1S/C18H27NO2/c1-18(2,17(20)21-3)16-9-7-15(8-10-16)11-14-19-12-5-4-6-13-19/h7-10H,4-6,11-14H2,1-3H3. The van der Waals surface area contributed by atoms with Crippen LogP contribution in [0, 0.1) is 0 Å². The number of rotatable bonds is 5. The summed E-state index contributed by atoms with van der Waals surface area (Å²) in [6, 6.07) is 8.40. The molecule has 0 spiro atoms. The summed E-state index contributed by atoms with van der Waals surface area (Å²) in [4.78, 5) is 14.4. The quantitative estimate of drug-likeness (QED) is 0.780. The van der Waals surface area contributed by atoms with Crippen LogP contribution in [0.25, 0.3) is 0 Å². The Kier molecular flexibility index (Phi) is 5.40. The van der Waals surface area contributed by atoms with Crippen LogP contribution >= 0.6 is 0 Å². The van der Waals surface area contributed by atoms with Crippen LogP contribution in [-0.2, 0) is 21.4 Å². The van der Waals surface area contributed by atoms with Crippen molar-refractivity contribution in [1.82, 2.24) is 4.90 Å². The first-order chi connectivity index (χ1) is 10.0. The van der Waals surface area contributed by atoms with Crippen molar-refractivity contribution in [2.75, 3.05) is 26.7 Å². The van der Waals surface area contributed by atoms with Crippen LogP contribution in [0.15, 0.2) is 24.3 Å². The maximum atomic E-state index is 11.8. The van der Waals surface area contributed by atoms with Crippen molar-refractivity contribution < 1.29 is 9.53 Å². The Bertz CT molecular complexity index is 459. The molecule has 0 aromatic heterocycles. The molecule has 0 atom stereocenters. The van der Waals surface area contributed by atoms with Crippen LogP contribution in [0.2, 0.25) is 0 Å². The van der Waals surface area contributed by atoms with Crippen LogP contribution in [0.3, 0.4) is 0 Å². The lowest BCUT2D eigenvalue weighted by molar-refractivity contribution is -0.146. The fraction of sp³-hybridized carbons (Fsp3) is 0.611. The molecule has 1 aliphatic heterocycles. The molecule has 1 fully saturated rings. The van der Waals surface area contributed by atoms with Gasteiger partial charge >= 0.3 is 5.97 Å². The largest absolute Gasteiger partial charge is 0.468 e. The molecule has 0 N–H and O–H groups in total. The molecule has 0 unspecified atom stereocenters. The van der Waals surface area contributed by atoms with Crippen LogP contribution in [0.1, 0.15) is 44.2 Å². The summed E-state index contributed by atoms with van der Waals surface area (Å²) in [7, 11) is 1.44. The molecular formula is C18H27NO2. The van der Waals surface area contributed by atoms with Gasteiger partial charge in [0.1, 0.15) is 0 Å². The van der Waals surface area contributed by atoms with Crippen molar-refractivity contribution in [1.29, 1.82) is 0 Å². The molecule has 2 rings (SSSR count). The molecular weight excluding hydrogens is 262 g/mol. The van der Waals surface area contributed by atoms with E-state index in [4.69, 9.17) is 4.74 Å². The number of hydrogen-bond acceptors (Lipinski definition) is 3. The van der Waals surface area contributed by atoms with E-state index in [9.17, 15) is 4.79 Å². The molecule has 21 heavy (non-hydrogen) atoms. The van der Waals surface area contributed by atoms with E-state index in [0.717, 1.165) is 18.5 Å². The number of piperidine rings is 1. The number of carbonyl (C=O) groups excluding carboxylic acids is 1. The Morgan fingerprint density at radius 3 is 2.33 bits per heavy atom. The first kappa shape index (κ1) is 16.0. The number of esters is 1. The number of carbonyl (C=O) groups is 1. The molecule has 116 valence electrons. The zero-order valence-electron chi connectivity index (χ0n) is 13.5. The molecule has 3 nitrogen and oxygen atoms in total. The van der Waals surface area contributed by atoms with Crippen molar-refractivity contribution in [2.24, 2.45) is 0 Å². The molecule has 0 radical (unpaired) electrons. The van der Waals surface area contributed by atoms with E-state index in [-0.39, 0.29) is 5.97 Å². The maximum absolute atomic E-state index is 11.8. The molecule has 1 saturated heterocycles. The fourth-order valence-corrected chi connectivity index (χ4v) is 2.93. The Morgan fingerprint density at radius 1 is 1.14 bits per heavy atom. The maximum Gasteiger partial charge on any atom is 0.315 e. The number of ether oxygens (including phenoxy) is 1. The molecule has 1 heterocycles. The van der Waals surface area contributed by atoms with Gasteiger partial charge in [-0.3, -0.25) is 4.79 Å². The highest BCUT2D eigenvalue weighted by molar-refractivity contribution is 5.82. The summed E-state index contributed by atoms with van der Waals surface area (Å²) in [5.41, 5.74) is 1.77. The second-order valence-corrected chi connectivity index (χ2v) is 6.47. The lowest BCUT2D eigenvalue weighted by Crippen LogP contribution is -2.31. The van der Waals surface area contributed by atoms with Gasteiger partial charge < -0.3 is 9.64 Å². The zero-order chi connectivity index (χ0) is 15.3. The predicted molar refractivity (Wildman–Crippen MR) is 85.5 cm³/mol. The van der Waals surface area contributed by atoms with Crippen molar-refractivity contribution in [3.8, 4) is 0 Å². The summed E-state index contributed by atoms with van der Waals surface area (Å²) in [5, 5.41) is 0. The molecule has 1 aromatic rings. The minimum Gasteiger partial charge on any atom is -0.468 e. The molecule has 0 aliphatic carbocycles. The van der Waals surface area contributed by atoms with Gasteiger partial charge in [-0.2, -0.15) is 0 Å². The Morgan fingerprint density at radius 2 is 1.76 bits per heavy atom. The minimum atomic E-state index is -0.583. The highest BCUT2D eigenvalue weighted by Gasteiger charge is 2.30. The molecule has 3 heteroatoms. The average molecular weight is 289 g/mol. The SMILES string of the molecule is COC(=O)C(C)(C)c1ccc(CCN2CCCCC2)cc1. The van der Waals surface area contributed by atoms with Gasteiger partial charge in [0.2, 0.25) is 0 Å². The Hall–Kier alpha value is -1.35. The molecule has 1 aromatic carbocycles. The summed E-state index contributed by atoms with van der Waals surface area (Å²) in [6.07, 6.45) is 5.14. The number of hydrogen-bond donors (Lipinski definition) is 0. The lowest BCUT2D eigenvalue weighted by atomic mass is 9.84. The Labute approximate surface area is 128 Å². The van der Waals surface area contributed by atoms with Crippen molar-refractivity contribution in [3.63, 3.8) is 0 Å². The van der Waals surface area contributed by atoms with Crippen molar-refractivity contribution in [2.45, 2.75) is 44.9 Å². The van der Waals surface area contributed by atoms with E-state index in [1.807, 2.05) is 13.8 Å². The van der Waals surface area contributed by atoms with Gasteiger partial charge in [0.15, 0.2) is 0 Å². The van der Waals surface area contributed by atoms with E-state index in [1.54, 1.807) is 0 Å². The third-order valence-corrected chi connectivity index (χ3v) is 4.54. The average Bonchev–Trinajstić information content (AvgIpc) is 2.53. The smallest absolute Gasteiger partial charge is 0.315 e. The van der Waals surface area contributed by atoms with E-state index in [0.29, 0.717) is 0 Å². The van der Waals surface area contributed by atoms with Gasteiger partial charge in [0, 0.05) is 6.54 Å². The number of nitrogens with zero attached hydrogens (tertiary/aromatic N) is 1. The number of methoxy groups -OCH3 is 1. The summed E-state index contributed by atoms with van der Waals surface area (Å²) < 4.78 is 4.88. The van der Waals surface area contributed by atoms with Gasteiger partial charge in [-0.05, 0) is 57.3 Å². The first-order valence-corrected chi connectivity index (χ1v) is 7.94. The van der Waals surface area contributed by atoms with Crippen LogP contribution in [-0.4, -0.2) is 37.6 Å². The number of likely N-dealkylation sites (tertiary alicyclic amines) is 1. The van der Waals surface area contributed by atoms with Gasteiger partial charge in [-0.15, -0.1) is 0 Å². The van der Waals surface area contributed by atoms with Gasteiger partial charge in [0.05, 0.1) is 12.5 Å². The van der Waals surface area contributed by atoms with Crippen LogP contribution < -0.4 is 0 Å². The fourth-order valence-electron chi connectivity index (χ4n) is 2.93. The van der Waals surface area contributed by atoms with Gasteiger partial charge in [-0.1, -0.05) is 30.7 Å². The highest BCUT2D eigenvalue weighted by atomic mass is 16.5. The van der Waals surface area contributed by atoms with Crippen LogP contribution in [0.5, 0.6) is 0 Å². The third kappa shape index (κ3) is 4.07. The van der Waals surface area contributed by atoms with E-state index in [2.05, 4.69) is 29.2 Å². The summed E-state index contributed by atoms with van der Waals surface area (Å²) in [6.45, 7) is 7.43. The first-order valence-electron chi connectivity index (χ1n) is 7.94. The second kappa shape index (κ2) is 7.08. The third-order valence-electron chi connectivity index (χ3n) is 4.54. The van der Waals surface area contributed by atoms with E-state index in [1.165, 1.54) is 45.0 Å². The van der Waals surface area contributed by atoms with Gasteiger partial charge in [-0.25, -0.2) is 0 Å². The minimum absolute atomic E-state index is 0.191. The van der Waals surface area contributed by atoms with Crippen LogP contribution in [0.4, 0.5) is 0 Å². The monoisotopic (exact) mass is 289 g/mol. The topological polar surface area (TPSA) is 29.5 Å². The molecule has 0 saturated carbocycles. The molecule has 0 amide bonds. The van der Waals surface area contributed by atoms with E-state index >= 15 is 0 Å². The van der Waals surface area contributed by atoms with Crippen molar-refractivity contribution in [3.05, 3.63) is 35.4 Å². The predicted octanol–water partition coefficient (Wildman–Crippen LogP) is 3.17. The van der Waals surface area contributed by atoms with Gasteiger partial charge in [0.25, 0.3) is 0 Å². The molecule has 0 bridgehead atoms. The van der Waals surface area contributed by atoms with Crippen molar-refractivity contribution >= 4 is 5.97 Å². The van der Waals surface area contributed by atoms with E-state index < -0.39 is 5.41 Å². The Balaban J connectivity index is 1.93. The zero-order valence-corrected chi connectivity index (χ0v) is 13.5. The summed E-state index contributed by atoms with van der Waals surface area (Å²) in [5.74, 6) is -0.191. The molecule has 1 aliphatic rings. The summed E-state index contributed by atoms with van der Waals surface area (Å²) >= 11 is 0.